The first-order chi connectivity index (χ1) is 19.0. The second-order valence-electron chi connectivity index (χ2n) is 9.72. The first-order valence-corrected chi connectivity index (χ1v) is 13.5. The molecule has 1 aromatic heterocycles. The fraction of sp³-hybridized carbons (Fsp3) is 0.216. The second-order valence-corrected chi connectivity index (χ2v) is 9.72. The number of aromatic nitrogens is 1. The number of rotatable bonds is 12. The molecule has 0 N–H and O–H groups in total. The summed E-state index contributed by atoms with van der Waals surface area (Å²) in [5.74, 6) is 0.114. The van der Waals surface area contributed by atoms with Gasteiger partial charge < -0.3 is 0 Å². The Hall–Kier alpha value is -4.44. The maximum absolute atomic E-state index is 9.55. The van der Waals surface area contributed by atoms with Crippen LogP contribution in [-0.4, -0.2) is 4.98 Å². The summed E-state index contributed by atoms with van der Waals surface area (Å²) in [6.07, 6.45) is 22.1. The summed E-state index contributed by atoms with van der Waals surface area (Å²) >= 11 is 0. The number of allylic oxidation sites excluding steroid dienone is 12. The Morgan fingerprint density at radius 3 is 2.72 bits per heavy atom. The lowest BCUT2D eigenvalue weighted by Gasteiger charge is -2.19. The Labute approximate surface area is 234 Å². The zero-order valence-electron chi connectivity index (χ0n) is 23.3. The molecule has 0 amide bonds. The predicted molar refractivity (Wildman–Crippen MR) is 166 cm³/mol. The van der Waals surface area contributed by atoms with E-state index in [1.807, 2.05) is 42.5 Å². The van der Waals surface area contributed by atoms with Gasteiger partial charge in [-0.1, -0.05) is 109 Å². The van der Waals surface area contributed by atoms with E-state index < -0.39 is 0 Å². The zero-order valence-corrected chi connectivity index (χ0v) is 23.3. The highest BCUT2D eigenvalue weighted by atomic mass is 14.7. The van der Waals surface area contributed by atoms with Crippen molar-refractivity contribution in [2.24, 2.45) is 0 Å². The van der Waals surface area contributed by atoms with E-state index in [9.17, 15) is 5.26 Å². The van der Waals surface area contributed by atoms with Crippen LogP contribution in [-0.2, 0) is 12.8 Å². The van der Waals surface area contributed by atoms with Gasteiger partial charge in [0.25, 0.3) is 0 Å². The Balaban J connectivity index is 1.98. The van der Waals surface area contributed by atoms with Crippen molar-refractivity contribution in [3.63, 3.8) is 0 Å². The second kappa shape index (κ2) is 15.1. The van der Waals surface area contributed by atoms with Crippen LogP contribution < -0.4 is 0 Å². The van der Waals surface area contributed by atoms with Crippen LogP contribution in [0.4, 0.5) is 0 Å². The van der Waals surface area contributed by atoms with Gasteiger partial charge in [-0.05, 0) is 68.4 Å². The molecule has 2 heteroatoms. The van der Waals surface area contributed by atoms with E-state index in [4.69, 9.17) is 4.98 Å². The molecule has 196 valence electrons. The van der Waals surface area contributed by atoms with Gasteiger partial charge in [0, 0.05) is 23.6 Å². The maximum atomic E-state index is 9.55. The molecule has 1 unspecified atom stereocenters. The summed E-state index contributed by atoms with van der Waals surface area (Å²) in [7, 11) is 0. The van der Waals surface area contributed by atoms with Crippen LogP contribution in [0.15, 0.2) is 133 Å². The van der Waals surface area contributed by atoms with Gasteiger partial charge in [0.15, 0.2) is 0 Å². The zero-order chi connectivity index (χ0) is 28.0. The predicted octanol–water partition coefficient (Wildman–Crippen LogP) is 9.42. The Kier molecular flexibility index (Phi) is 11.3. The van der Waals surface area contributed by atoms with Crippen molar-refractivity contribution in [1.29, 1.82) is 5.26 Å². The standard InChI is InChI=1S/C37H38N2/c1-6-28(4)20-21-30(7-2)25-33(8-3)35-22-23-36(34-18-11-9-10-15-32(26-34)27-38)39-37(35)19-13-17-31-16-12-14-29(5)24-31/h6-12,14,16,18,20-24,33H,1,3-4,13,15,17,19,25H2,2,5H3/b10-9?,18-11-,21-20-,30-7+. The van der Waals surface area contributed by atoms with Crippen molar-refractivity contribution in [3.8, 4) is 6.07 Å². The average Bonchev–Trinajstić information content (AvgIpc) is 2.93. The third-order valence-corrected chi connectivity index (χ3v) is 6.78. The van der Waals surface area contributed by atoms with Crippen LogP contribution in [0.3, 0.4) is 0 Å². The van der Waals surface area contributed by atoms with Crippen molar-refractivity contribution < 1.29 is 0 Å². The first kappa shape index (κ1) is 29.1. The molecule has 0 saturated heterocycles. The van der Waals surface area contributed by atoms with Gasteiger partial charge >= 0.3 is 0 Å². The van der Waals surface area contributed by atoms with E-state index in [0.717, 1.165) is 48.2 Å². The van der Waals surface area contributed by atoms with Crippen LogP contribution in [0.25, 0.3) is 5.57 Å². The van der Waals surface area contributed by atoms with Crippen LogP contribution >= 0.6 is 0 Å². The SMILES string of the molecule is C=CC(=C)/C=C\C(=C/C)CC(C=C)c1ccc(C2=C=C(C#N)CC=C/C=C\2)nc1CCCc1cccc(C)c1. The lowest BCUT2D eigenvalue weighted by atomic mass is 9.88. The summed E-state index contributed by atoms with van der Waals surface area (Å²) in [6.45, 7) is 16.2. The molecule has 2 nitrogen and oxygen atoms in total. The smallest absolute Gasteiger partial charge is 0.103 e. The molecular weight excluding hydrogens is 472 g/mol. The van der Waals surface area contributed by atoms with E-state index in [1.165, 1.54) is 22.3 Å². The fourth-order valence-electron chi connectivity index (χ4n) is 4.56. The van der Waals surface area contributed by atoms with Gasteiger partial charge in [0.1, 0.15) is 6.07 Å². The monoisotopic (exact) mass is 510 g/mol. The molecule has 1 aliphatic carbocycles. The molecule has 3 rings (SSSR count). The van der Waals surface area contributed by atoms with Crippen LogP contribution in [0.2, 0.25) is 0 Å². The minimum Gasteiger partial charge on any atom is -0.252 e. The fourth-order valence-corrected chi connectivity index (χ4v) is 4.56. The number of hydrogen-bond donors (Lipinski definition) is 0. The summed E-state index contributed by atoms with van der Waals surface area (Å²) in [5.41, 5.74) is 12.5. The molecular formula is C37H38N2. The minimum absolute atomic E-state index is 0.114. The van der Waals surface area contributed by atoms with E-state index in [2.05, 4.69) is 87.9 Å². The minimum atomic E-state index is 0.114. The molecule has 0 aliphatic heterocycles. The largest absolute Gasteiger partial charge is 0.252 e. The summed E-state index contributed by atoms with van der Waals surface area (Å²) < 4.78 is 0. The molecule has 0 saturated carbocycles. The van der Waals surface area contributed by atoms with Gasteiger partial charge in [0.2, 0.25) is 0 Å². The number of nitrogens with zero attached hydrogens (tertiary/aromatic N) is 2. The van der Waals surface area contributed by atoms with Gasteiger partial charge in [-0.2, -0.15) is 5.26 Å². The number of aryl methyl sites for hydroxylation is 3. The number of pyridine rings is 1. The van der Waals surface area contributed by atoms with Gasteiger partial charge in [-0.25, -0.2) is 0 Å². The van der Waals surface area contributed by atoms with E-state index >= 15 is 0 Å². The van der Waals surface area contributed by atoms with Crippen LogP contribution in [0.5, 0.6) is 0 Å². The quantitative estimate of drug-likeness (QED) is 0.162. The van der Waals surface area contributed by atoms with Gasteiger partial charge in [-0.3, -0.25) is 4.98 Å². The molecule has 1 aliphatic rings. The molecule has 0 fully saturated rings. The lowest BCUT2D eigenvalue weighted by molar-refractivity contribution is 0.754. The number of hydrogen-bond acceptors (Lipinski definition) is 2. The first-order valence-electron chi connectivity index (χ1n) is 13.5. The molecule has 2 aromatic rings. The number of benzene rings is 1. The van der Waals surface area contributed by atoms with Crippen molar-refractivity contribution in [3.05, 3.63) is 161 Å². The molecule has 0 spiro atoms. The average molecular weight is 511 g/mol. The van der Waals surface area contributed by atoms with Crippen LogP contribution in [0.1, 0.15) is 60.2 Å². The highest BCUT2D eigenvalue weighted by Crippen LogP contribution is 2.30. The third-order valence-electron chi connectivity index (χ3n) is 6.78. The summed E-state index contributed by atoms with van der Waals surface area (Å²) in [4.78, 5) is 5.17. The van der Waals surface area contributed by atoms with E-state index in [-0.39, 0.29) is 5.92 Å². The normalized spacial score (nSPS) is 14.9. The van der Waals surface area contributed by atoms with Crippen molar-refractivity contribution >= 4 is 5.57 Å². The maximum Gasteiger partial charge on any atom is 0.103 e. The molecule has 1 atom stereocenters. The number of nitriles is 1. The lowest BCUT2D eigenvalue weighted by Crippen LogP contribution is -2.07. The van der Waals surface area contributed by atoms with E-state index in [1.54, 1.807) is 6.08 Å². The van der Waals surface area contributed by atoms with Gasteiger partial charge in [0.05, 0.1) is 11.3 Å². The Bertz CT molecular complexity index is 1440. The Morgan fingerprint density at radius 2 is 2.00 bits per heavy atom. The molecule has 1 aromatic carbocycles. The molecule has 0 radical (unpaired) electrons. The van der Waals surface area contributed by atoms with Crippen molar-refractivity contribution in [2.75, 3.05) is 0 Å². The Morgan fingerprint density at radius 1 is 1.15 bits per heavy atom. The molecule has 0 bridgehead atoms. The highest BCUT2D eigenvalue weighted by Gasteiger charge is 2.16. The summed E-state index contributed by atoms with van der Waals surface area (Å²) in [5, 5.41) is 9.55. The topological polar surface area (TPSA) is 36.7 Å². The van der Waals surface area contributed by atoms with Crippen molar-refractivity contribution in [1.82, 2.24) is 4.98 Å². The summed E-state index contributed by atoms with van der Waals surface area (Å²) in [6, 6.07) is 15.2. The molecule has 1 heterocycles. The van der Waals surface area contributed by atoms with Gasteiger partial charge in [-0.15, -0.1) is 6.58 Å². The molecule has 39 heavy (non-hydrogen) atoms. The van der Waals surface area contributed by atoms with Crippen LogP contribution in [0, 0.1) is 18.3 Å². The highest BCUT2D eigenvalue weighted by molar-refractivity contribution is 5.73. The van der Waals surface area contributed by atoms with E-state index in [0.29, 0.717) is 12.0 Å². The third kappa shape index (κ3) is 8.82. The van der Waals surface area contributed by atoms with Crippen molar-refractivity contribution in [2.45, 2.75) is 51.9 Å².